The zero-order valence-corrected chi connectivity index (χ0v) is 19.9. The minimum absolute atomic E-state index is 0.0183. The first kappa shape index (κ1) is 22.8. The van der Waals surface area contributed by atoms with Crippen LogP contribution in [0.5, 0.6) is 0 Å². The van der Waals surface area contributed by atoms with E-state index in [0.717, 1.165) is 38.3 Å². The summed E-state index contributed by atoms with van der Waals surface area (Å²) in [7, 11) is 0. The maximum atomic E-state index is 13.7. The molecule has 2 fully saturated rings. The number of pyridine rings is 1. The molecule has 0 spiro atoms. The van der Waals surface area contributed by atoms with Gasteiger partial charge in [0.15, 0.2) is 0 Å². The summed E-state index contributed by atoms with van der Waals surface area (Å²) in [5.74, 6) is 0.935. The number of carbonyl (C=O) groups is 1. The Morgan fingerprint density at radius 2 is 1.62 bits per heavy atom. The lowest BCUT2D eigenvalue weighted by molar-refractivity contribution is 0.0701. The Balaban J connectivity index is 1.35. The van der Waals surface area contributed by atoms with Crippen molar-refractivity contribution in [1.29, 1.82) is 0 Å². The van der Waals surface area contributed by atoms with E-state index in [4.69, 9.17) is 5.73 Å². The second kappa shape index (κ2) is 10.1. The highest BCUT2D eigenvalue weighted by Gasteiger charge is 2.38. The number of amides is 1. The molecule has 2 N–H and O–H groups in total. The fourth-order valence-corrected chi connectivity index (χ4v) is 5.57. The minimum Gasteiger partial charge on any atom is -0.332 e. The molecular weight excluding hydrogens is 420 g/mol. The first-order valence-corrected chi connectivity index (χ1v) is 12.4. The molecule has 2 aliphatic heterocycles. The van der Waals surface area contributed by atoms with Gasteiger partial charge in [-0.1, -0.05) is 66.7 Å². The van der Waals surface area contributed by atoms with Crippen LogP contribution in [0.2, 0.25) is 0 Å². The fraction of sp³-hybridized carbons (Fsp3) is 0.379. The van der Waals surface area contributed by atoms with E-state index in [0.29, 0.717) is 17.5 Å². The molecule has 0 aliphatic carbocycles. The minimum atomic E-state index is -0.196. The maximum Gasteiger partial charge on any atom is 0.272 e. The van der Waals surface area contributed by atoms with Crippen LogP contribution in [-0.2, 0) is 0 Å². The van der Waals surface area contributed by atoms with Crippen LogP contribution in [0.3, 0.4) is 0 Å². The Kier molecular flexibility index (Phi) is 6.75. The average Bonchev–Trinajstić information content (AvgIpc) is 3.52. The molecule has 2 aromatic carbocycles. The molecule has 176 valence electrons. The first-order valence-electron chi connectivity index (χ1n) is 12.4. The molecule has 0 bridgehead atoms. The molecule has 5 heteroatoms. The van der Waals surface area contributed by atoms with Crippen LogP contribution in [0, 0.1) is 0 Å². The summed E-state index contributed by atoms with van der Waals surface area (Å²) < 4.78 is 0. The molecule has 1 amide bonds. The summed E-state index contributed by atoms with van der Waals surface area (Å²) in [4.78, 5) is 22.9. The summed E-state index contributed by atoms with van der Waals surface area (Å²) in [6.07, 6.45) is 2.15. The van der Waals surface area contributed by atoms with Crippen molar-refractivity contribution in [2.45, 2.75) is 43.7 Å². The van der Waals surface area contributed by atoms with Crippen molar-refractivity contribution in [3.8, 4) is 0 Å². The third-order valence-corrected chi connectivity index (χ3v) is 7.41. The van der Waals surface area contributed by atoms with E-state index in [1.165, 1.54) is 17.5 Å². The van der Waals surface area contributed by atoms with Gasteiger partial charge in [-0.05, 0) is 55.5 Å². The molecule has 0 saturated carbocycles. The van der Waals surface area contributed by atoms with Gasteiger partial charge in [0.25, 0.3) is 5.91 Å². The van der Waals surface area contributed by atoms with Gasteiger partial charge in [-0.3, -0.25) is 4.79 Å². The molecule has 3 aromatic rings. The van der Waals surface area contributed by atoms with Crippen LogP contribution in [0.15, 0.2) is 78.9 Å². The summed E-state index contributed by atoms with van der Waals surface area (Å²) in [6, 6.07) is 27.0. The lowest BCUT2D eigenvalue weighted by atomic mass is 9.96. The molecule has 34 heavy (non-hydrogen) atoms. The van der Waals surface area contributed by atoms with Gasteiger partial charge in [-0.25, -0.2) is 4.98 Å². The van der Waals surface area contributed by atoms with Crippen molar-refractivity contribution in [2.24, 2.45) is 5.73 Å². The second-order valence-corrected chi connectivity index (χ2v) is 9.85. The Labute approximate surface area is 202 Å². The van der Waals surface area contributed by atoms with Gasteiger partial charge in [-0.15, -0.1) is 0 Å². The SMILES string of the molecule is CC(N)c1cccc(C(=O)N2CC(c3ccccc3)CC2CN2CCC(c3ccccc3)C2)n1. The van der Waals surface area contributed by atoms with Crippen molar-refractivity contribution in [2.75, 3.05) is 26.2 Å². The van der Waals surface area contributed by atoms with Crippen LogP contribution in [0.1, 0.15) is 65.0 Å². The lowest BCUT2D eigenvalue weighted by Crippen LogP contribution is -2.43. The normalized spacial score (nSPS) is 23.8. The monoisotopic (exact) mass is 454 g/mol. The highest BCUT2D eigenvalue weighted by Crippen LogP contribution is 2.35. The van der Waals surface area contributed by atoms with Crippen molar-refractivity contribution in [3.05, 3.63) is 101 Å². The van der Waals surface area contributed by atoms with Gasteiger partial charge in [0.05, 0.1) is 5.69 Å². The summed E-state index contributed by atoms with van der Waals surface area (Å²) in [5, 5.41) is 0. The van der Waals surface area contributed by atoms with Crippen LogP contribution in [-0.4, -0.2) is 52.9 Å². The van der Waals surface area contributed by atoms with Crippen molar-refractivity contribution >= 4 is 5.91 Å². The molecule has 5 nitrogen and oxygen atoms in total. The molecule has 2 aliphatic rings. The van der Waals surface area contributed by atoms with E-state index >= 15 is 0 Å². The Hall–Kier alpha value is -3.02. The number of likely N-dealkylation sites (tertiary alicyclic amines) is 2. The number of benzene rings is 2. The third kappa shape index (κ3) is 4.91. The number of rotatable bonds is 6. The summed E-state index contributed by atoms with van der Waals surface area (Å²) in [5.41, 5.74) is 10.0. The number of carbonyl (C=O) groups excluding carboxylic acids is 1. The summed E-state index contributed by atoms with van der Waals surface area (Å²) in [6.45, 7) is 5.67. The van der Waals surface area contributed by atoms with Crippen molar-refractivity contribution in [3.63, 3.8) is 0 Å². The third-order valence-electron chi connectivity index (χ3n) is 7.41. The first-order chi connectivity index (χ1) is 16.6. The molecule has 4 unspecified atom stereocenters. The number of hydrogen-bond acceptors (Lipinski definition) is 4. The smallest absolute Gasteiger partial charge is 0.272 e. The van der Waals surface area contributed by atoms with Gasteiger partial charge in [-0.2, -0.15) is 0 Å². The molecule has 3 heterocycles. The van der Waals surface area contributed by atoms with Gasteiger partial charge >= 0.3 is 0 Å². The topological polar surface area (TPSA) is 62.5 Å². The Morgan fingerprint density at radius 1 is 0.941 bits per heavy atom. The standard InChI is InChI=1S/C29H34N4O/c1-21(30)27-13-8-14-28(31-27)29(34)33-19-25(23-11-6-3-7-12-23)17-26(33)20-32-16-15-24(18-32)22-9-4-2-5-10-22/h2-14,21,24-26H,15-20,30H2,1H3. The lowest BCUT2D eigenvalue weighted by Gasteiger charge is -2.28. The zero-order chi connectivity index (χ0) is 23.5. The molecule has 4 atom stereocenters. The average molecular weight is 455 g/mol. The van der Waals surface area contributed by atoms with Crippen LogP contribution < -0.4 is 5.73 Å². The zero-order valence-electron chi connectivity index (χ0n) is 19.9. The molecular formula is C29H34N4O. The number of nitrogens with two attached hydrogens (primary N) is 1. The predicted molar refractivity (Wildman–Crippen MR) is 136 cm³/mol. The van der Waals surface area contributed by atoms with Gasteiger partial charge in [0, 0.05) is 37.6 Å². The quantitative estimate of drug-likeness (QED) is 0.592. The molecule has 5 rings (SSSR count). The Bertz CT molecular complexity index is 1100. The largest absolute Gasteiger partial charge is 0.332 e. The fourth-order valence-electron chi connectivity index (χ4n) is 5.57. The molecule has 1 aromatic heterocycles. The van der Waals surface area contributed by atoms with Crippen molar-refractivity contribution < 1.29 is 4.79 Å². The maximum absolute atomic E-state index is 13.7. The van der Waals surface area contributed by atoms with Gasteiger partial charge in [0.1, 0.15) is 5.69 Å². The van der Waals surface area contributed by atoms with E-state index in [-0.39, 0.29) is 18.0 Å². The van der Waals surface area contributed by atoms with Crippen LogP contribution in [0.25, 0.3) is 0 Å². The second-order valence-electron chi connectivity index (χ2n) is 9.85. The van der Waals surface area contributed by atoms with Crippen molar-refractivity contribution in [1.82, 2.24) is 14.8 Å². The van der Waals surface area contributed by atoms with E-state index in [1.807, 2.05) is 25.1 Å². The van der Waals surface area contributed by atoms with E-state index in [9.17, 15) is 4.79 Å². The van der Waals surface area contributed by atoms with E-state index in [2.05, 4.69) is 75.4 Å². The van der Waals surface area contributed by atoms with Gasteiger partial charge in [0.2, 0.25) is 0 Å². The predicted octanol–water partition coefficient (Wildman–Crippen LogP) is 4.59. The molecule has 0 radical (unpaired) electrons. The number of hydrogen-bond donors (Lipinski definition) is 1. The van der Waals surface area contributed by atoms with Crippen LogP contribution >= 0.6 is 0 Å². The van der Waals surface area contributed by atoms with E-state index in [1.54, 1.807) is 0 Å². The molecule has 2 saturated heterocycles. The number of aromatic nitrogens is 1. The van der Waals surface area contributed by atoms with E-state index < -0.39 is 0 Å². The summed E-state index contributed by atoms with van der Waals surface area (Å²) >= 11 is 0. The van der Waals surface area contributed by atoms with Gasteiger partial charge < -0.3 is 15.5 Å². The highest BCUT2D eigenvalue weighted by molar-refractivity contribution is 5.93. The van der Waals surface area contributed by atoms with Crippen LogP contribution in [0.4, 0.5) is 0 Å². The highest BCUT2D eigenvalue weighted by atomic mass is 16.2. The number of nitrogens with zero attached hydrogens (tertiary/aromatic N) is 3. The Morgan fingerprint density at radius 3 is 2.29 bits per heavy atom.